The normalized spacial score (nSPS) is 17.0. The summed E-state index contributed by atoms with van der Waals surface area (Å²) in [5.74, 6) is -1.36. The molecule has 0 bridgehead atoms. The number of thiophene rings is 1. The molecule has 0 spiro atoms. The van der Waals surface area contributed by atoms with Crippen molar-refractivity contribution in [2.24, 2.45) is 0 Å². The molecule has 2 rings (SSSR count). The first kappa shape index (κ1) is 21.4. The standard InChI is InChI=1S/C19H28N2O5S/c1-7-13(23)26-10-12(22)20-16-14(17(24)25-8-2)11-9-18(3,4)21-19(5,6)15(11)27-16/h21H,7-10H2,1-6H3,(H,20,22)/p+1. The second kappa shape index (κ2) is 7.98. The number of rotatable bonds is 6. The number of carbonyl (C=O) groups is 3. The summed E-state index contributed by atoms with van der Waals surface area (Å²) < 4.78 is 10.1. The Balaban J connectivity index is 2.40. The summed E-state index contributed by atoms with van der Waals surface area (Å²) in [7, 11) is 0. The number of hydrogen-bond acceptors (Lipinski definition) is 6. The number of esters is 2. The highest BCUT2D eigenvalue weighted by atomic mass is 32.1. The van der Waals surface area contributed by atoms with Gasteiger partial charge in [-0.2, -0.15) is 0 Å². The number of nitrogens with one attached hydrogen (secondary N) is 1. The van der Waals surface area contributed by atoms with Gasteiger partial charge in [0, 0.05) is 12.8 Å². The molecule has 0 atom stereocenters. The van der Waals surface area contributed by atoms with Crippen LogP contribution in [0.25, 0.3) is 0 Å². The quantitative estimate of drug-likeness (QED) is 0.715. The van der Waals surface area contributed by atoms with E-state index in [2.05, 4.69) is 38.3 Å². The summed E-state index contributed by atoms with van der Waals surface area (Å²) in [4.78, 5) is 37.2. The van der Waals surface area contributed by atoms with Gasteiger partial charge in [-0.15, -0.1) is 11.3 Å². The first-order chi connectivity index (χ1) is 12.5. The van der Waals surface area contributed by atoms with Crippen LogP contribution < -0.4 is 10.6 Å². The fourth-order valence-corrected chi connectivity index (χ4v) is 4.92. The molecule has 1 amide bonds. The van der Waals surface area contributed by atoms with Gasteiger partial charge in [0.2, 0.25) is 0 Å². The van der Waals surface area contributed by atoms with E-state index in [4.69, 9.17) is 9.47 Å². The minimum absolute atomic E-state index is 0.0866. The predicted molar refractivity (Wildman–Crippen MR) is 103 cm³/mol. The number of nitrogens with two attached hydrogens (primary N) is 1. The summed E-state index contributed by atoms with van der Waals surface area (Å²) in [5.41, 5.74) is 1.02. The van der Waals surface area contributed by atoms with Crippen LogP contribution in [0, 0.1) is 0 Å². The zero-order valence-corrected chi connectivity index (χ0v) is 17.7. The van der Waals surface area contributed by atoms with Gasteiger partial charge in [-0.05, 0) is 40.2 Å². The van der Waals surface area contributed by atoms with Gasteiger partial charge in [0.25, 0.3) is 5.91 Å². The number of anilines is 1. The maximum Gasteiger partial charge on any atom is 0.341 e. The van der Waals surface area contributed by atoms with Crippen molar-refractivity contribution >= 4 is 34.2 Å². The number of ether oxygens (including phenoxy) is 2. The summed E-state index contributed by atoms with van der Waals surface area (Å²) in [6, 6.07) is 0. The Kier molecular flexibility index (Phi) is 6.32. The minimum Gasteiger partial charge on any atom is -0.462 e. The zero-order valence-electron chi connectivity index (χ0n) is 16.9. The Morgan fingerprint density at radius 2 is 1.81 bits per heavy atom. The third-order valence-electron chi connectivity index (χ3n) is 4.36. The SMILES string of the molecule is CCOC(=O)c1c(NC(=O)COC(=O)CC)sc2c1CC(C)(C)[NH2+]C2(C)C. The van der Waals surface area contributed by atoms with Gasteiger partial charge in [-0.1, -0.05) is 6.92 Å². The molecular weight excluding hydrogens is 368 g/mol. The van der Waals surface area contributed by atoms with Crippen molar-refractivity contribution in [3.63, 3.8) is 0 Å². The largest absolute Gasteiger partial charge is 0.462 e. The summed E-state index contributed by atoms with van der Waals surface area (Å²) in [6.45, 7) is 11.8. The molecule has 27 heavy (non-hydrogen) atoms. The molecule has 1 aliphatic heterocycles. The lowest BCUT2D eigenvalue weighted by atomic mass is 9.81. The number of carbonyl (C=O) groups excluding carboxylic acids is 3. The average molecular weight is 398 g/mol. The van der Waals surface area contributed by atoms with Crippen molar-refractivity contribution in [1.29, 1.82) is 0 Å². The van der Waals surface area contributed by atoms with E-state index in [-0.39, 0.29) is 30.7 Å². The van der Waals surface area contributed by atoms with Crippen molar-refractivity contribution < 1.29 is 29.2 Å². The third-order valence-corrected chi connectivity index (χ3v) is 5.85. The fraction of sp³-hybridized carbons (Fsp3) is 0.632. The Hall–Kier alpha value is -1.93. The van der Waals surface area contributed by atoms with Crippen LogP contribution in [0.1, 0.15) is 68.8 Å². The molecule has 0 unspecified atom stereocenters. The van der Waals surface area contributed by atoms with Crippen LogP contribution in [0.2, 0.25) is 0 Å². The highest BCUT2D eigenvalue weighted by Gasteiger charge is 2.45. The molecule has 0 saturated carbocycles. The minimum atomic E-state index is -0.470. The van der Waals surface area contributed by atoms with Crippen LogP contribution >= 0.6 is 11.3 Å². The molecule has 1 aromatic rings. The maximum absolute atomic E-state index is 12.7. The molecule has 0 aliphatic carbocycles. The molecule has 150 valence electrons. The topological polar surface area (TPSA) is 98.3 Å². The van der Waals surface area contributed by atoms with Crippen molar-refractivity contribution in [1.82, 2.24) is 0 Å². The number of fused-ring (bicyclic) bond motifs is 1. The Morgan fingerprint density at radius 1 is 1.15 bits per heavy atom. The number of quaternary nitrogens is 1. The van der Waals surface area contributed by atoms with E-state index in [0.717, 1.165) is 10.4 Å². The number of hydrogen-bond donors (Lipinski definition) is 2. The maximum atomic E-state index is 12.7. The number of amides is 1. The third kappa shape index (κ3) is 4.87. The zero-order chi connectivity index (χ0) is 20.4. The second-order valence-electron chi connectivity index (χ2n) is 7.93. The van der Waals surface area contributed by atoms with Crippen molar-refractivity contribution in [3.8, 4) is 0 Å². The van der Waals surface area contributed by atoms with Gasteiger partial charge in [0.05, 0.1) is 22.6 Å². The second-order valence-corrected chi connectivity index (χ2v) is 8.95. The predicted octanol–water partition coefficient (Wildman–Crippen LogP) is 1.95. The highest BCUT2D eigenvalue weighted by Crippen LogP contribution is 2.42. The molecular formula is C19H29N2O5S+. The van der Waals surface area contributed by atoms with Gasteiger partial charge in [-0.25, -0.2) is 4.79 Å². The summed E-state index contributed by atoms with van der Waals surface area (Å²) in [5, 5.41) is 5.47. The Bertz CT molecular complexity index is 752. The fourth-order valence-electron chi connectivity index (χ4n) is 3.62. The average Bonchev–Trinajstić information content (AvgIpc) is 2.89. The van der Waals surface area contributed by atoms with E-state index < -0.39 is 17.8 Å². The monoisotopic (exact) mass is 397 g/mol. The first-order valence-corrected chi connectivity index (χ1v) is 9.98. The molecule has 8 heteroatoms. The van der Waals surface area contributed by atoms with Crippen LogP contribution in [0.3, 0.4) is 0 Å². The van der Waals surface area contributed by atoms with Crippen LogP contribution in [0.15, 0.2) is 0 Å². The van der Waals surface area contributed by atoms with Gasteiger partial charge in [0.15, 0.2) is 6.61 Å². The van der Waals surface area contributed by atoms with Gasteiger partial charge in [0.1, 0.15) is 10.5 Å². The van der Waals surface area contributed by atoms with Gasteiger partial charge in [-0.3, -0.25) is 9.59 Å². The molecule has 1 aromatic heterocycles. The summed E-state index contributed by atoms with van der Waals surface area (Å²) in [6.07, 6.45) is 0.894. The van der Waals surface area contributed by atoms with Crippen LogP contribution in [0.5, 0.6) is 0 Å². The molecule has 0 saturated heterocycles. The Labute approximate surface area is 163 Å². The van der Waals surface area contributed by atoms with Crippen LogP contribution in [-0.4, -0.2) is 36.6 Å². The lowest BCUT2D eigenvalue weighted by molar-refractivity contribution is -0.789. The molecule has 0 fully saturated rings. The van der Waals surface area contributed by atoms with E-state index in [1.165, 1.54) is 11.3 Å². The van der Waals surface area contributed by atoms with Crippen LogP contribution in [0.4, 0.5) is 5.00 Å². The molecule has 0 radical (unpaired) electrons. The first-order valence-electron chi connectivity index (χ1n) is 9.16. The molecule has 7 nitrogen and oxygen atoms in total. The lowest BCUT2D eigenvalue weighted by Gasteiger charge is -2.38. The van der Waals surface area contributed by atoms with Crippen molar-refractivity contribution in [2.45, 2.75) is 65.5 Å². The van der Waals surface area contributed by atoms with E-state index in [9.17, 15) is 14.4 Å². The summed E-state index contributed by atoms with van der Waals surface area (Å²) >= 11 is 1.39. The Morgan fingerprint density at radius 3 is 2.41 bits per heavy atom. The molecule has 2 heterocycles. The van der Waals surface area contributed by atoms with E-state index in [0.29, 0.717) is 17.0 Å². The van der Waals surface area contributed by atoms with Crippen LogP contribution in [-0.2, 0) is 31.0 Å². The van der Waals surface area contributed by atoms with Gasteiger partial charge < -0.3 is 20.1 Å². The van der Waals surface area contributed by atoms with E-state index in [1.807, 2.05) is 0 Å². The van der Waals surface area contributed by atoms with E-state index in [1.54, 1.807) is 13.8 Å². The van der Waals surface area contributed by atoms with Crippen molar-refractivity contribution in [3.05, 3.63) is 16.0 Å². The van der Waals surface area contributed by atoms with Gasteiger partial charge >= 0.3 is 11.9 Å². The van der Waals surface area contributed by atoms with Crippen molar-refractivity contribution in [2.75, 3.05) is 18.5 Å². The molecule has 0 aromatic carbocycles. The lowest BCUT2D eigenvalue weighted by Crippen LogP contribution is -3.03. The smallest absolute Gasteiger partial charge is 0.341 e. The molecule has 1 aliphatic rings. The van der Waals surface area contributed by atoms with E-state index >= 15 is 0 Å². The highest BCUT2D eigenvalue weighted by molar-refractivity contribution is 7.17. The molecule has 3 N–H and O–H groups in total.